The molecular weight excluding hydrogens is 294 g/mol. The fourth-order valence-corrected chi connectivity index (χ4v) is 2.66. The summed E-state index contributed by atoms with van der Waals surface area (Å²) in [5.74, 6) is -0.845. The Morgan fingerprint density at radius 1 is 1.48 bits per heavy atom. The number of hydrogen-bond acceptors (Lipinski definition) is 4. The molecule has 1 fully saturated rings. The number of esters is 1. The number of amides is 1. The van der Waals surface area contributed by atoms with Gasteiger partial charge in [0.15, 0.2) is 0 Å². The minimum absolute atomic E-state index is 0.0123. The zero-order valence-electron chi connectivity index (χ0n) is 11.8. The highest BCUT2D eigenvalue weighted by Crippen LogP contribution is 2.25. The Labute approximate surface area is 128 Å². The zero-order chi connectivity index (χ0) is 15.4. The minimum Gasteiger partial charge on any atom is -0.508 e. The van der Waals surface area contributed by atoms with Crippen molar-refractivity contribution in [2.24, 2.45) is 5.92 Å². The van der Waals surface area contributed by atoms with Gasteiger partial charge in [0.25, 0.3) is 5.91 Å². The van der Waals surface area contributed by atoms with Crippen LogP contribution in [0.25, 0.3) is 0 Å². The maximum absolute atomic E-state index is 12.5. The molecule has 1 heterocycles. The van der Waals surface area contributed by atoms with E-state index in [4.69, 9.17) is 16.3 Å². The Kier molecular flexibility index (Phi) is 5.07. The normalized spacial score (nSPS) is 18.4. The summed E-state index contributed by atoms with van der Waals surface area (Å²) >= 11 is 6.01. The molecule has 1 N–H and O–H groups in total. The lowest BCUT2D eigenvalue weighted by atomic mass is 9.97. The summed E-state index contributed by atoms with van der Waals surface area (Å²) in [6.07, 6.45) is 1.46. The van der Waals surface area contributed by atoms with Crippen LogP contribution in [-0.4, -0.2) is 41.6 Å². The lowest BCUT2D eigenvalue weighted by Gasteiger charge is -2.31. The molecule has 1 saturated heterocycles. The van der Waals surface area contributed by atoms with Gasteiger partial charge < -0.3 is 14.7 Å². The number of likely N-dealkylation sites (tertiary alicyclic amines) is 1. The van der Waals surface area contributed by atoms with Crippen molar-refractivity contribution in [2.45, 2.75) is 19.8 Å². The van der Waals surface area contributed by atoms with Gasteiger partial charge in [-0.05, 0) is 38.0 Å². The Balaban J connectivity index is 2.12. The van der Waals surface area contributed by atoms with Gasteiger partial charge in [0.05, 0.1) is 23.1 Å². The highest BCUT2D eigenvalue weighted by atomic mass is 35.5. The number of ether oxygens (including phenoxy) is 1. The second kappa shape index (κ2) is 6.80. The lowest BCUT2D eigenvalue weighted by molar-refractivity contribution is -0.149. The van der Waals surface area contributed by atoms with Crippen LogP contribution in [0.15, 0.2) is 18.2 Å². The highest BCUT2D eigenvalue weighted by Gasteiger charge is 2.30. The van der Waals surface area contributed by atoms with Gasteiger partial charge >= 0.3 is 5.97 Å². The summed E-state index contributed by atoms with van der Waals surface area (Å²) in [6, 6.07) is 4.26. The third-order valence-electron chi connectivity index (χ3n) is 3.51. The maximum Gasteiger partial charge on any atom is 0.310 e. The number of aromatic hydroxyl groups is 1. The van der Waals surface area contributed by atoms with Crippen LogP contribution in [0.1, 0.15) is 30.1 Å². The van der Waals surface area contributed by atoms with E-state index in [0.29, 0.717) is 19.7 Å². The SMILES string of the molecule is CCOC(=O)C1CCCN(C(=O)c2cc(O)ccc2Cl)C1. The largest absolute Gasteiger partial charge is 0.508 e. The van der Waals surface area contributed by atoms with Crippen LogP contribution in [0.4, 0.5) is 0 Å². The van der Waals surface area contributed by atoms with Gasteiger partial charge in [0, 0.05) is 13.1 Å². The number of phenols is 1. The van der Waals surface area contributed by atoms with Crippen LogP contribution in [0.3, 0.4) is 0 Å². The first kappa shape index (κ1) is 15.6. The molecule has 0 spiro atoms. The van der Waals surface area contributed by atoms with Crippen molar-refractivity contribution in [1.82, 2.24) is 4.90 Å². The number of carbonyl (C=O) groups is 2. The van der Waals surface area contributed by atoms with Crippen LogP contribution in [0.2, 0.25) is 5.02 Å². The number of halogens is 1. The van der Waals surface area contributed by atoms with Gasteiger partial charge in [-0.3, -0.25) is 9.59 Å². The first-order valence-corrected chi connectivity index (χ1v) is 7.35. The summed E-state index contributed by atoms with van der Waals surface area (Å²) in [4.78, 5) is 25.9. The van der Waals surface area contributed by atoms with E-state index < -0.39 is 0 Å². The molecular formula is C15H18ClNO4. The molecule has 1 amide bonds. The maximum atomic E-state index is 12.5. The molecule has 0 saturated carbocycles. The number of benzene rings is 1. The molecule has 5 nitrogen and oxygen atoms in total. The molecule has 6 heteroatoms. The number of piperidine rings is 1. The Morgan fingerprint density at radius 3 is 2.95 bits per heavy atom. The van der Waals surface area contributed by atoms with E-state index in [1.807, 2.05) is 0 Å². The van der Waals surface area contributed by atoms with Gasteiger partial charge in [-0.15, -0.1) is 0 Å². The zero-order valence-corrected chi connectivity index (χ0v) is 12.6. The van der Waals surface area contributed by atoms with Gasteiger partial charge in [-0.2, -0.15) is 0 Å². The quantitative estimate of drug-likeness (QED) is 0.871. The van der Waals surface area contributed by atoms with Crippen molar-refractivity contribution in [2.75, 3.05) is 19.7 Å². The molecule has 1 unspecified atom stereocenters. The van der Waals surface area contributed by atoms with Crippen molar-refractivity contribution in [3.63, 3.8) is 0 Å². The Bertz CT molecular complexity index is 546. The monoisotopic (exact) mass is 311 g/mol. The predicted molar refractivity (Wildman–Crippen MR) is 78.4 cm³/mol. The van der Waals surface area contributed by atoms with Crippen LogP contribution < -0.4 is 0 Å². The minimum atomic E-state index is -0.293. The molecule has 2 rings (SSSR count). The van der Waals surface area contributed by atoms with E-state index in [2.05, 4.69) is 0 Å². The van der Waals surface area contributed by atoms with E-state index in [1.165, 1.54) is 18.2 Å². The van der Waals surface area contributed by atoms with Crippen LogP contribution in [0, 0.1) is 5.92 Å². The molecule has 0 radical (unpaired) electrons. The number of rotatable bonds is 3. The van der Waals surface area contributed by atoms with E-state index in [9.17, 15) is 14.7 Å². The molecule has 0 aliphatic carbocycles. The van der Waals surface area contributed by atoms with E-state index >= 15 is 0 Å². The molecule has 1 aromatic carbocycles. The van der Waals surface area contributed by atoms with E-state index in [0.717, 1.165) is 12.8 Å². The second-order valence-corrected chi connectivity index (χ2v) is 5.41. The Morgan fingerprint density at radius 2 is 2.24 bits per heavy atom. The molecule has 1 aromatic rings. The van der Waals surface area contributed by atoms with E-state index in [-0.39, 0.29) is 34.1 Å². The number of nitrogens with zero attached hydrogens (tertiary/aromatic N) is 1. The highest BCUT2D eigenvalue weighted by molar-refractivity contribution is 6.33. The standard InChI is InChI=1S/C15H18ClNO4/c1-2-21-15(20)10-4-3-7-17(9-10)14(19)12-8-11(18)5-6-13(12)16/h5-6,8,10,18H,2-4,7,9H2,1H3. The Hall–Kier alpha value is -1.75. The second-order valence-electron chi connectivity index (χ2n) is 5.01. The molecule has 1 aliphatic heterocycles. The topological polar surface area (TPSA) is 66.8 Å². The number of phenolic OH excluding ortho intramolecular Hbond substituents is 1. The predicted octanol–water partition coefficient (Wildman–Crippen LogP) is 2.46. The molecule has 114 valence electrons. The van der Waals surface area contributed by atoms with Crippen molar-refractivity contribution < 1.29 is 19.4 Å². The van der Waals surface area contributed by atoms with Crippen LogP contribution in [-0.2, 0) is 9.53 Å². The average Bonchev–Trinajstić information content (AvgIpc) is 2.49. The number of hydrogen-bond donors (Lipinski definition) is 1. The third kappa shape index (κ3) is 3.67. The molecule has 21 heavy (non-hydrogen) atoms. The summed E-state index contributed by atoms with van der Waals surface area (Å²) in [5, 5.41) is 9.78. The first-order chi connectivity index (χ1) is 10.0. The van der Waals surface area contributed by atoms with Gasteiger partial charge in [-0.25, -0.2) is 0 Å². The molecule has 1 atom stereocenters. The molecule has 0 aromatic heterocycles. The van der Waals surface area contributed by atoms with Gasteiger partial charge in [0.2, 0.25) is 0 Å². The smallest absolute Gasteiger partial charge is 0.310 e. The fourth-order valence-electron chi connectivity index (χ4n) is 2.46. The van der Waals surface area contributed by atoms with E-state index in [1.54, 1.807) is 11.8 Å². The van der Waals surface area contributed by atoms with Crippen LogP contribution in [0.5, 0.6) is 5.75 Å². The molecule has 0 bridgehead atoms. The van der Waals surface area contributed by atoms with Crippen molar-refractivity contribution in [1.29, 1.82) is 0 Å². The van der Waals surface area contributed by atoms with Gasteiger partial charge in [-0.1, -0.05) is 11.6 Å². The lowest BCUT2D eigenvalue weighted by Crippen LogP contribution is -2.42. The average molecular weight is 312 g/mol. The summed E-state index contributed by atoms with van der Waals surface area (Å²) in [7, 11) is 0. The first-order valence-electron chi connectivity index (χ1n) is 6.97. The molecule has 1 aliphatic rings. The van der Waals surface area contributed by atoms with Crippen LogP contribution >= 0.6 is 11.6 Å². The van der Waals surface area contributed by atoms with Gasteiger partial charge in [0.1, 0.15) is 5.75 Å². The number of carbonyl (C=O) groups excluding carboxylic acids is 2. The fraction of sp³-hybridized carbons (Fsp3) is 0.467. The summed E-state index contributed by atoms with van der Waals surface area (Å²) in [6.45, 7) is 2.99. The van der Waals surface area contributed by atoms with Crippen molar-refractivity contribution in [3.05, 3.63) is 28.8 Å². The van der Waals surface area contributed by atoms with Crippen molar-refractivity contribution >= 4 is 23.5 Å². The summed E-state index contributed by atoms with van der Waals surface area (Å²) < 4.78 is 5.02. The third-order valence-corrected chi connectivity index (χ3v) is 3.84. The van der Waals surface area contributed by atoms with Crippen molar-refractivity contribution in [3.8, 4) is 5.75 Å². The summed E-state index contributed by atoms with van der Waals surface area (Å²) in [5.41, 5.74) is 0.251.